The van der Waals surface area contributed by atoms with Gasteiger partial charge in [0.15, 0.2) is 0 Å². The van der Waals surface area contributed by atoms with Crippen molar-refractivity contribution in [2.45, 2.75) is 12.2 Å². The maximum atomic E-state index is 12.3. The number of thioether (sulfide) groups is 1. The molecule has 7 heteroatoms. The molecule has 0 radical (unpaired) electrons. The Bertz CT molecular complexity index is 1010. The molecule has 2 heterocycles. The van der Waals surface area contributed by atoms with E-state index in [0.29, 0.717) is 11.6 Å². The zero-order valence-electron chi connectivity index (χ0n) is 14.5. The van der Waals surface area contributed by atoms with Crippen LogP contribution in [0.4, 0.5) is 5.82 Å². The van der Waals surface area contributed by atoms with Gasteiger partial charge in [0.05, 0.1) is 27.9 Å². The standard InChI is InChI=1S/C20H17N3O3S/c1-12-17-18(13-7-9-14(10-8-13)20(25)26)27-11-16(24)21-19(17)23(22-12)15-5-3-2-4-6-15/h2-10,18H,11H2,1H3,(H,21,24)(H,25,26). The maximum absolute atomic E-state index is 12.3. The fourth-order valence-electron chi connectivity index (χ4n) is 3.20. The lowest BCUT2D eigenvalue weighted by Crippen LogP contribution is -2.15. The van der Waals surface area contributed by atoms with Gasteiger partial charge in [-0.05, 0) is 36.8 Å². The van der Waals surface area contributed by atoms with Gasteiger partial charge in [-0.15, -0.1) is 11.8 Å². The molecule has 1 amide bonds. The highest BCUT2D eigenvalue weighted by molar-refractivity contribution is 8.00. The number of hydrogen-bond donors (Lipinski definition) is 2. The number of rotatable bonds is 3. The number of para-hydroxylation sites is 1. The van der Waals surface area contributed by atoms with Gasteiger partial charge in [-0.25, -0.2) is 9.48 Å². The summed E-state index contributed by atoms with van der Waals surface area (Å²) in [6.07, 6.45) is 0. The molecule has 1 aliphatic rings. The number of aromatic carboxylic acids is 1. The fourth-order valence-corrected chi connectivity index (χ4v) is 4.39. The Kier molecular flexibility index (Phi) is 4.45. The fraction of sp³-hybridized carbons (Fsp3) is 0.150. The third-order valence-electron chi connectivity index (χ3n) is 4.47. The zero-order valence-corrected chi connectivity index (χ0v) is 15.4. The second kappa shape index (κ2) is 6.92. The van der Waals surface area contributed by atoms with Gasteiger partial charge in [-0.3, -0.25) is 4.79 Å². The normalized spacial score (nSPS) is 16.3. The van der Waals surface area contributed by atoms with E-state index < -0.39 is 5.97 Å². The van der Waals surface area contributed by atoms with Crippen molar-refractivity contribution in [2.24, 2.45) is 0 Å². The minimum Gasteiger partial charge on any atom is -0.478 e. The lowest BCUT2D eigenvalue weighted by molar-refractivity contribution is -0.113. The number of benzene rings is 2. The van der Waals surface area contributed by atoms with Crippen LogP contribution in [0.3, 0.4) is 0 Å². The summed E-state index contributed by atoms with van der Waals surface area (Å²) in [6, 6.07) is 16.5. The SMILES string of the molecule is Cc1nn(-c2ccccc2)c2c1C(c1ccc(C(=O)O)cc1)SCC(=O)N2. The Morgan fingerprint density at radius 3 is 2.56 bits per heavy atom. The molecule has 4 rings (SSSR count). The number of carbonyl (C=O) groups excluding carboxylic acids is 1. The Hall–Kier alpha value is -3.06. The van der Waals surface area contributed by atoms with Gasteiger partial charge >= 0.3 is 5.97 Å². The molecule has 1 aliphatic heterocycles. The smallest absolute Gasteiger partial charge is 0.335 e. The summed E-state index contributed by atoms with van der Waals surface area (Å²) in [5.41, 5.74) is 3.82. The molecule has 2 aromatic carbocycles. The number of hydrogen-bond acceptors (Lipinski definition) is 4. The van der Waals surface area contributed by atoms with E-state index in [0.717, 1.165) is 22.5 Å². The molecule has 0 spiro atoms. The number of fused-ring (bicyclic) bond motifs is 1. The topological polar surface area (TPSA) is 84.2 Å². The molecule has 2 N–H and O–H groups in total. The molecule has 1 aromatic heterocycles. The monoisotopic (exact) mass is 379 g/mol. The molecule has 1 atom stereocenters. The number of nitrogens with zero attached hydrogens (tertiary/aromatic N) is 2. The Labute approximate surface area is 160 Å². The van der Waals surface area contributed by atoms with E-state index in [1.807, 2.05) is 37.3 Å². The van der Waals surface area contributed by atoms with Crippen LogP contribution >= 0.6 is 11.8 Å². The average Bonchev–Trinajstić information content (AvgIpc) is 2.88. The van der Waals surface area contributed by atoms with Crippen LogP contribution in [-0.4, -0.2) is 32.5 Å². The summed E-state index contributed by atoms with van der Waals surface area (Å²) in [6.45, 7) is 1.93. The van der Waals surface area contributed by atoms with Crippen LogP contribution in [0.5, 0.6) is 0 Å². The van der Waals surface area contributed by atoms with Crippen LogP contribution in [0.25, 0.3) is 5.69 Å². The van der Waals surface area contributed by atoms with Crippen LogP contribution < -0.4 is 5.32 Å². The van der Waals surface area contributed by atoms with Crippen molar-refractivity contribution in [3.05, 3.63) is 77.0 Å². The number of carbonyl (C=O) groups is 2. The van der Waals surface area contributed by atoms with Crippen LogP contribution in [0.1, 0.15) is 32.4 Å². The van der Waals surface area contributed by atoms with Crippen molar-refractivity contribution in [1.29, 1.82) is 0 Å². The van der Waals surface area contributed by atoms with Gasteiger partial charge in [-0.1, -0.05) is 30.3 Å². The summed E-state index contributed by atoms with van der Waals surface area (Å²) < 4.78 is 1.76. The van der Waals surface area contributed by atoms with E-state index in [-0.39, 0.29) is 16.7 Å². The van der Waals surface area contributed by atoms with Gasteiger partial charge in [0.1, 0.15) is 5.82 Å². The lowest BCUT2D eigenvalue weighted by Gasteiger charge is -2.15. The molecule has 6 nitrogen and oxygen atoms in total. The number of nitrogens with one attached hydrogen (secondary N) is 1. The van der Waals surface area contributed by atoms with Crippen molar-refractivity contribution >= 4 is 29.5 Å². The highest BCUT2D eigenvalue weighted by Crippen LogP contribution is 2.43. The first-order valence-corrected chi connectivity index (χ1v) is 9.49. The summed E-state index contributed by atoms with van der Waals surface area (Å²) in [5, 5.41) is 16.7. The predicted molar refractivity (Wildman–Crippen MR) is 105 cm³/mol. The van der Waals surface area contributed by atoms with E-state index >= 15 is 0 Å². The Balaban J connectivity index is 1.84. The molecule has 0 bridgehead atoms. The molecule has 136 valence electrons. The number of anilines is 1. The van der Waals surface area contributed by atoms with Crippen LogP contribution in [-0.2, 0) is 4.79 Å². The van der Waals surface area contributed by atoms with Gasteiger partial charge in [0.2, 0.25) is 5.91 Å². The van der Waals surface area contributed by atoms with E-state index in [1.165, 1.54) is 11.8 Å². The predicted octanol–water partition coefficient (Wildman–Crippen LogP) is 3.65. The number of carboxylic acids is 1. The minimum absolute atomic E-state index is 0.0806. The molecule has 0 aliphatic carbocycles. The van der Waals surface area contributed by atoms with Crippen LogP contribution in [0, 0.1) is 6.92 Å². The number of carboxylic acid groups (broad SMARTS) is 1. The quantitative estimate of drug-likeness (QED) is 0.726. The third kappa shape index (κ3) is 3.21. The molecule has 0 saturated carbocycles. The zero-order chi connectivity index (χ0) is 19.0. The molecule has 0 fully saturated rings. The first-order valence-electron chi connectivity index (χ1n) is 8.44. The summed E-state index contributed by atoms with van der Waals surface area (Å²) in [7, 11) is 0. The largest absolute Gasteiger partial charge is 0.478 e. The molecule has 1 unspecified atom stereocenters. The van der Waals surface area contributed by atoms with Gasteiger partial charge < -0.3 is 10.4 Å². The summed E-state index contributed by atoms with van der Waals surface area (Å²) in [4.78, 5) is 23.4. The summed E-state index contributed by atoms with van der Waals surface area (Å²) >= 11 is 1.51. The van der Waals surface area contributed by atoms with E-state index in [1.54, 1.807) is 28.9 Å². The second-order valence-electron chi connectivity index (χ2n) is 6.26. The molecular weight excluding hydrogens is 362 g/mol. The van der Waals surface area contributed by atoms with Crippen LogP contribution in [0.15, 0.2) is 54.6 Å². The highest BCUT2D eigenvalue weighted by atomic mass is 32.2. The Morgan fingerprint density at radius 2 is 1.89 bits per heavy atom. The number of aryl methyl sites for hydroxylation is 1. The minimum atomic E-state index is -0.958. The van der Waals surface area contributed by atoms with E-state index in [9.17, 15) is 9.59 Å². The Morgan fingerprint density at radius 1 is 1.19 bits per heavy atom. The molecule has 3 aromatic rings. The van der Waals surface area contributed by atoms with Crippen molar-refractivity contribution in [1.82, 2.24) is 9.78 Å². The molecule has 0 saturated heterocycles. The van der Waals surface area contributed by atoms with Crippen LogP contribution in [0.2, 0.25) is 0 Å². The first-order chi connectivity index (χ1) is 13.0. The second-order valence-corrected chi connectivity index (χ2v) is 7.35. The number of aromatic nitrogens is 2. The van der Waals surface area contributed by atoms with Crippen molar-refractivity contribution in [2.75, 3.05) is 11.1 Å². The molecular formula is C20H17N3O3S. The first kappa shape index (κ1) is 17.4. The lowest BCUT2D eigenvalue weighted by atomic mass is 10.0. The number of amides is 1. The average molecular weight is 379 g/mol. The van der Waals surface area contributed by atoms with E-state index in [2.05, 4.69) is 10.4 Å². The van der Waals surface area contributed by atoms with Crippen molar-refractivity contribution in [3.63, 3.8) is 0 Å². The van der Waals surface area contributed by atoms with Gasteiger partial charge in [0, 0.05) is 5.56 Å². The van der Waals surface area contributed by atoms with Crippen molar-refractivity contribution in [3.8, 4) is 5.69 Å². The maximum Gasteiger partial charge on any atom is 0.335 e. The third-order valence-corrected chi connectivity index (χ3v) is 5.74. The highest BCUT2D eigenvalue weighted by Gasteiger charge is 2.30. The van der Waals surface area contributed by atoms with Crippen molar-refractivity contribution < 1.29 is 14.7 Å². The molecule has 27 heavy (non-hydrogen) atoms. The van der Waals surface area contributed by atoms with E-state index in [4.69, 9.17) is 5.11 Å². The van der Waals surface area contributed by atoms with Gasteiger partial charge in [-0.2, -0.15) is 5.10 Å². The van der Waals surface area contributed by atoms with Gasteiger partial charge in [0.25, 0.3) is 0 Å². The summed E-state index contributed by atoms with van der Waals surface area (Å²) in [5.74, 6) is -0.0569.